The van der Waals surface area contributed by atoms with Crippen LogP contribution in [0.2, 0.25) is 0 Å². The Bertz CT molecular complexity index is 221. The molecule has 0 unspecified atom stereocenters. The Kier molecular flexibility index (Phi) is 3.30. The van der Waals surface area contributed by atoms with E-state index in [-0.39, 0.29) is 0 Å². The normalized spacial score (nSPS) is 27.8. The molecule has 2 aliphatic heterocycles. The monoisotopic (exact) mass is 226 g/mol. The van der Waals surface area contributed by atoms with Crippen LogP contribution in [0.4, 0.5) is 0 Å². The Morgan fingerprint density at radius 1 is 1.12 bits per heavy atom. The van der Waals surface area contributed by atoms with Crippen LogP contribution in [0.25, 0.3) is 0 Å². The molecule has 0 radical (unpaired) electrons. The molecule has 0 N–H and O–H groups in total. The zero-order chi connectivity index (χ0) is 11.8. The second-order valence-corrected chi connectivity index (χ2v) is 6.13. The molecule has 3 heteroatoms. The smallest absolute Gasteiger partial charge is 0.0671 e. The van der Waals surface area contributed by atoms with E-state index in [0.29, 0.717) is 11.1 Å². The maximum absolute atomic E-state index is 5.35. The molecule has 0 amide bonds. The van der Waals surface area contributed by atoms with Crippen molar-refractivity contribution < 1.29 is 4.74 Å². The molecule has 2 rings (SSSR count). The minimum absolute atomic E-state index is 0.336. The first-order chi connectivity index (χ1) is 7.48. The molecule has 0 aromatic heterocycles. The first-order valence-corrected chi connectivity index (χ1v) is 6.56. The second-order valence-electron chi connectivity index (χ2n) is 6.13. The van der Waals surface area contributed by atoms with Crippen LogP contribution in [0.15, 0.2) is 0 Å². The molecule has 2 aliphatic rings. The van der Waals surface area contributed by atoms with Crippen LogP contribution in [-0.4, -0.2) is 60.3 Å². The summed E-state index contributed by atoms with van der Waals surface area (Å²) in [6, 6.07) is 0. The van der Waals surface area contributed by atoms with Gasteiger partial charge in [-0.05, 0) is 27.2 Å². The minimum atomic E-state index is 0.336. The van der Waals surface area contributed by atoms with Gasteiger partial charge < -0.3 is 4.74 Å². The summed E-state index contributed by atoms with van der Waals surface area (Å²) in [5, 5.41) is 0. The van der Waals surface area contributed by atoms with E-state index >= 15 is 0 Å². The molecule has 0 aromatic carbocycles. The van der Waals surface area contributed by atoms with Crippen LogP contribution >= 0.6 is 0 Å². The summed E-state index contributed by atoms with van der Waals surface area (Å²) in [4.78, 5) is 5.24. The SMILES string of the molecule is CCC(C)(C)N1CCN(C2(C)COC2)CC1. The van der Waals surface area contributed by atoms with Crippen LogP contribution < -0.4 is 0 Å². The Hall–Kier alpha value is -0.120. The summed E-state index contributed by atoms with van der Waals surface area (Å²) < 4.78 is 5.35. The van der Waals surface area contributed by atoms with Crippen LogP contribution in [0.1, 0.15) is 34.1 Å². The summed E-state index contributed by atoms with van der Waals surface area (Å²) >= 11 is 0. The highest BCUT2D eigenvalue weighted by Gasteiger charge is 2.41. The maximum Gasteiger partial charge on any atom is 0.0671 e. The lowest BCUT2D eigenvalue weighted by Crippen LogP contribution is -2.66. The molecule has 2 saturated heterocycles. The van der Waals surface area contributed by atoms with Crippen LogP contribution in [0.3, 0.4) is 0 Å². The molecule has 0 saturated carbocycles. The number of hydrogen-bond acceptors (Lipinski definition) is 3. The van der Waals surface area contributed by atoms with Crippen molar-refractivity contribution in [1.82, 2.24) is 9.80 Å². The highest BCUT2D eigenvalue weighted by Crippen LogP contribution is 2.28. The van der Waals surface area contributed by atoms with E-state index in [0.717, 1.165) is 13.2 Å². The highest BCUT2D eigenvalue weighted by atomic mass is 16.5. The number of hydrogen-bond donors (Lipinski definition) is 0. The Balaban J connectivity index is 1.87. The van der Waals surface area contributed by atoms with Crippen molar-refractivity contribution in [2.24, 2.45) is 0 Å². The lowest BCUT2D eigenvalue weighted by Gasteiger charge is -2.52. The summed E-state index contributed by atoms with van der Waals surface area (Å²) in [6.45, 7) is 16.0. The van der Waals surface area contributed by atoms with Gasteiger partial charge in [0.05, 0.1) is 18.8 Å². The van der Waals surface area contributed by atoms with Crippen molar-refractivity contribution in [2.75, 3.05) is 39.4 Å². The molecule has 94 valence electrons. The Labute approximate surface area is 99.7 Å². The van der Waals surface area contributed by atoms with Gasteiger partial charge in [-0.3, -0.25) is 9.80 Å². The van der Waals surface area contributed by atoms with Crippen molar-refractivity contribution in [3.8, 4) is 0 Å². The van der Waals surface area contributed by atoms with E-state index in [1.54, 1.807) is 0 Å². The van der Waals surface area contributed by atoms with Gasteiger partial charge in [0.2, 0.25) is 0 Å². The molecule has 0 bridgehead atoms. The average molecular weight is 226 g/mol. The van der Waals surface area contributed by atoms with E-state index in [2.05, 4.69) is 37.5 Å². The quantitative estimate of drug-likeness (QED) is 0.727. The third-order valence-electron chi connectivity index (χ3n) is 4.59. The van der Waals surface area contributed by atoms with E-state index < -0.39 is 0 Å². The maximum atomic E-state index is 5.35. The van der Waals surface area contributed by atoms with Gasteiger partial charge in [-0.2, -0.15) is 0 Å². The molecule has 0 aromatic rings. The minimum Gasteiger partial charge on any atom is -0.377 e. The van der Waals surface area contributed by atoms with Crippen LogP contribution in [0, 0.1) is 0 Å². The van der Waals surface area contributed by atoms with Crippen molar-refractivity contribution in [3.05, 3.63) is 0 Å². The van der Waals surface area contributed by atoms with E-state index in [9.17, 15) is 0 Å². The fourth-order valence-electron chi connectivity index (χ4n) is 2.66. The highest BCUT2D eigenvalue weighted by molar-refractivity contribution is 4.96. The third-order valence-corrected chi connectivity index (χ3v) is 4.59. The van der Waals surface area contributed by atoms with Gasteiger partial charge in [-0.15, -0.1) is 0 Å². The van der Waals surface area contributed by atoms with E-state index in [1.807, 2.05) is 0 Å². The topological polar surface area (TPSA) is 15.7 Å². The Morgan fingerprint density at radius 3 is 2.06 bits per heavy atom. The van der Waals surface area contributed by atoms with Crippen LogP contribution in [0.5, 0.6) is 0 Å². The molecule has 2 heterocycles. The fraction of sp³-hybridized carbons (Fsp3) is 1.00. The largest absolute Gasteiger partial charge is 0.377 e. The van der Waals surface area contributed by atoms with Crippen molar-refractivity contribution in [3.63, 3.8) is 0 Å². The first-order valence-electron chi connectivity index (χ1n) is 6.56. The van der Waals surface area contributed by atoms with Gasteiger partial charge in [0.1, 0.15) is 0 Å². The summed E-state index contributed by atoms with van der Waals surface area (Å²) in [7, 11) is 0. The molecule has 16 heavy (non-hydrogen) atoms. The standard InChI is InChI=1S/C13H26N2O/c1-5-12(2,3)14-6-8-15(9-7-14)13(4)10-16-11-13/h5-11H2,1-4H3. The number of nitrogens with zero attached hydrogens (tertiary/aromatic N) is 2. The number of piperazine rings is 1. The van der Waals surface area contributed by atoms with Gasteiger partial charge in [0.15, 0.2) is 0 Å². The van der Waals surface area contributed by atoms with Gasteiger partial charge in [-0.1, -0.05) is 6.92 Å². The zero-order valence-corrected chi connectivity index (χ0v) is 11.3. The molecule has 3 nitrogen and oxygen atoms in total. The summed E-state index contributed by atoms with van der Waals surface area (Å²) in [5.74, 6) is 0. The third kappa shape index (κ3) is 2.13. The first kappa shape index (κ1) is 12.3. The van der Waals surface area contributed by atoms with Crippen molar-refractivity contribution >= 4 is 0 Å². The predicted molar refractivity (Wildman–Crippen MR) is 66.7 cm³/mol. The summed E-state index contributed by atoms with van der Waals surface area (Å²) in [6.07, 6.45) is 1.23. The van der Waals surface area contributed by atoms with E-state index in [4.69, 9.17) is 4.74 Å². The van der Waals surface area contributed by atoms with Crippen molar-refractivity contribution in [1.29, 1.82) is 0 Å². The molecular weight excluding hydrogens is 200 g/mol. The second kappa shape index (κ2) is 4.28. The van der Waals surface area contributed by atoms with Crippen LogP contribution in [-0.2, 0) is 4.74 Å². The predicted octanol–water partition coefficient (Wildman–Crippen LogP) is 1.58. The molecule has 2 fully saturated rings. The van der Waals surface area contributed by atoms with Gasteiger partial charge in [0, 0.05) is 31.7 Å². The van der Waals surface area contributed by atoms with Gasteiger partial charge in [-0.25, -0.2) is 0 Å². The Morgan fingerprint density at radius 2 is 1.69 bits per heavy atom. The molecule has 0 aliphatic carbocycles. The number of ether oxygens (including phenoxy) is 1. The summed E-state index contributed by atoms with van der Waals surface area (Å²) in [5.41, 5.74) is 0.700. The van der Waals surface area contributed by atoms with Gasteiger partial charge >= 0.3 is 0 Å². The average Bonchev–Trinajstić information content (AvgIpc) is 2.26. The molecule has 0 spiro atoms. The van der Waals surface area contributed by atoms with Gasteiger partial charge in [0.25, 0.3) is 0 Å². The van der Waals surface area contributed by atoms with E-state index in [1.165, 1.54) is 32.6 Å². The zero-order valence-electron chi connectivity index (χ0n) is 11.3. The molecular formula is C13H26N2O. The lowest BCUT2D eigenvalue weighted by molar-refractivity contribution is -0.144. The lowest BCUT2D eigenvalue weighted by atomic mass is 9.94. The molecule has 0 atom stereocenters. The van der Waals surface area contributed by atoms with Crippen molar-refractivity contribution in [2.45, 2.75) is 45.2 Å². The number of rotatable bonds is 3. The fourth-order valence-corrected chi connectivity index (χ4v) is 2.66.